The number of rotatable bonds is 7. The lowest BCUT2D eigenvalue weighted by Gasteiger charge is -2.26. The van der Waals surface area contributed by atoms with Gasteiger partial charge in [-0.15, -0.1) is 24.8 Å². The zero-order chi connectivity index (χ0) is 17.5. The number of ether oxygens (including phenoxy) is 1. The van der Waals surface area contributed by atoms with Gasteiger partial charge in [-0.05, 0) is 30.7 Å². The van der Waals surface area contributed by atoms with Crippen LogP contribution in [0.2, 0.25) is 0 Å². The lowest BCUT2D eigenvalue weighted by Crippen LogP contribution is -2.47. The van der Waals surface area contributed by atoms with Gasteiger partial charge in [0, 0.05) is 32.2 Å². The van der Waals surface area contributed by atoms with Crippen LogP contribution in [0.15, 0.2) is 42.7 Å². The molecule has 0 radical (unpaired) electrons. The summed E-state index contributed by atoms with van der Waals surface area (Å²) in [5.41, 5.74) is 7.39. The molecule has 1 aliphatic rings. The Labute approximate surface area is 172 Å². The van der Waals surface area contributed by atoms with Gasteiger partial charge in [0.1, 0.15) is 5.82 Å². The van der Waals surface area contributed by atoms with Crippen molar-refractivity contribution in [2.24, 2.45) is 11.7 Å². The van der Waals surface area contributed by atoms with E-state index in [0.717, 1.165) is 31.6 Å². The molecule has 0 spiro atoms. The second kappa shape index (κ2) is 12.0. The number of amides is 1. The number of aryl methyl sites for hydroxylation is 2. The largest absolute Gasteiger partial charge is 0.381 e. The van der Waals surface area contributed by atoms with Crippen molar-refractivity contribution in [1.82, 2.24) is 14.9 Å². The van der Waals surface area contributed by atoms with Crippen LogP contribution in [0.4, 0.5) is 0 Å². The van der Waals surface area contributed by atoms with E-state index in [9.17, 15) is 4.79 Å². The molecule has 2 aromatic rings. The molecule has 6 nitrogen and oxygen atoms in total. The minimum absolute atomic E-state index is 0. The summed E-state index contributed by atoms with van der Waals surface area (Å²) in [6.45, 7) is 2.61. The lowest BCUT2D eigenvalue weighted by molar-refractivity contribution is -0.124. The average molecular weight is 415 g/mol. The fraction of sp³-hybridized carbons (Fsp3) is 0.474. The number of nitrogens with zero attached hydrogens (tertiary/aromatic N) is 2. The predicted molar refractivity (Wildman–Crippen MR) is 110 cm³/mol. The first-order chi connectivity index (χ1) is 12.2. The fourth-order valence-electron chi connectivity index (χ4n) is 3.18. The molecular weight excluding hydrogens is 387 g/mol. The Hall–Kier alpha value is -1.60. The van der Waals surface area contributed by atoms with E-state index < -0.39 is 6.04 Å². The van der Waals surface area contributed by atoms with Gasteiger partial charge in [-0.25, -0.2) is 4.98 Å². The fourth-order valence-corrected chi connectivity index (χ4v) is 3.18. The van der Waals surface area contributed by atoms with Gasteiger partial charge in [-0.1, -0.05) is 30.3 Å². The molecule has 27 heavy (non-hydrogen) atoms. The zero-order valence-corrected chi connectivity index (χ0v) is 16.9. The number of nitrogens with one attached hydrogen (secondary N) is 1. The monoisotopic (exact) mass is 414 g/mol. The summed E-state index contributed by atoms with van der Waals surface area (Å²) < 4.78 is 7.40. The Bertz CT molecular complexity index is 675. The average Bonchev–Trinajstić information content (AvgIpc) is 3.13. The van der Waals surface area contributed by atoms with Crippen LogP contribution in [0.3, 0.4) is 0 Å². The highest BCUT2D eigenvalue weighted by Crippen LogP contribution is 2.17. The summed E-state index contributed by atoms with van der Waals surface area (Å²) >= 11 is 0. The van der Waals surface area contributed by atoms with Crippen LogP contribution < -0.4 is 11.1 Å². The Morgan fingerprint density at radius 1 is 1.26 bits per heavy atom. The molecule has 0 aliphatic carbocycles. The Kier molecular flexibility index (Phi) is 10.4. The van der Waals surface area contributed by atoms with E-state index in [-0.39, 0.29) is 36.6 Å². The molecule has 1 aliphatic heterocycles. The molecule has 2 heterocycles. The Morgan fingerprint density at radius 3 is 2.67 bits per heavy atom. The maximum absolute atomic E-state index is 12.3. The minimum atomic E-state index is -0.475. The number of imidazole rings is 1. The van der Waals surface area contributed by atoms with E-state index in [2.05, 4.69) is 27.0 Å². The number of hydrogen-bond acceptors (Lipinski definition) is 4. The number of halogens is 2. The number of carbonyl (C=O) groups is 1. The smallest absolute Gasteiger partial charge is 0.237 e. The number of hydrogen-bond donors (Lipinski definition) is 2. The van der Waals surface area contributed by atoms with E-state index in [1.165, 1.54) is 5.56 Å². The Morgan fingerprint density at radius 2 is 1.96 bits per heavy atom. The van der Waals surface area contributed by atoms with Crippen LogP contribution in [0.1, 0.15) is 24.2 Å². The summed E-state index contributed by atoms with van der Waals surface area (Å²) in [7, 11) is 0. The Balaban J connectivity index is 0.00000182. The second-order valence-electron chi connectivity index (χ2n) is 6.47. The van der Waals surface area contributed by atoms with Gasteiger partial charge in [-0.3, -0.25) is 4.79 Å². The van der Waals surface area contributed by atoms with Crippen molar-refractivity contribution >= 4 is 30.7 Å². The van der Waals surface area contributed by atoms with E-state index in [0.29, 0.717) is 19.8 Å². The summed E-state index contributed by atoms with van der Waals surface area (Å²) in [4.78, 5) is 16.7. The highest BCUT2D eigenvalue weighted by atomic mass is 35.5. The molecular formula is C19H28Cl2N4O2. The van der Waals surface area contributed by atoms with Gasteiger partial charge >= 0.3 is 0 Å². The van der Waals surface area contributed by atoms with Gasteiger partial charge in [0.2, 0.25) is 5.91 Å². The summed E-state index contributed by atoms with van der Waals surface area (Å²) in [5, 5.41) is 2.93. The third kappa shape index (κ3) is 6.81. The highest BCUT2D eigenvalue weighted by Gasteiger charge is 2.26. The second-order valence-corrected chi connectivity index (χ2v) is 6.47. The standard InChI is InChI=1S/C19H26N4O2.2ClH/c20-18(16-7-12-25-13-8-16)19(24)22-14-17-21-9-11-23(17)10-6-15-4-2-1-3-5-15;;/h1-5,9,11,16,18H,6-8,10,12-14,20H2,(H,22,24);2*1H. The van der Waals surface area contributed by atoms with Crippen molar-refractivity contribution in [2.45, 2.75) is 38.4 Å². The number of benzene rings is 1. The maximum atomic E-state index is 12.3. The van der Waals surface area contributed by atoms with E-state index in [1.807, 2.05) is 24.4 Å². The molecule has 0 saturated carbocycles. The number of carbonyl (C=O) groups excluding carboxylic acids is 1. The maximum Gasteiger partial charge on any atom is 0.237 e. The number of aromatic nitrogens is 2. The third-order valence-electron chi connectivity index (χ3n) is 4.78. The number of nitrogens with two attached hydrogens (primary N) is 1. The van der Waals surface area contributed by atoms with Gasteiger partial charge in [0.15, 0.2) is 0 Å². The molecule has 1 aromatic carbocycles. The molecule has 1 saturated heterocycles. The summed E-state index contributed by atoms with van der Waals surface area (Å²) in [5.74, 6) is 0.944. The van der Waals surface area contributed by atoms with Crippen molar-refractivity contribution in [3.05, 3.63) is 54.1 Å². The van der Waals surface area contributed by atoms with Crippen LogP contribution in [-0.2, 0) is 29.0 Å². The molecule has 8 heteroatoms. The first-order valence-corrected chi connectivity index (χ1v) is 8.89. The van der Waals surface area contributed by atoms with Gasteiger partial charge < -0.3 is 20.4 Å². The minimum Gasteiger partial charge on any atom is -0.381 e. The SMILES string of the molecule is Cl.Cl.NC(C(=O)NCc1nccn1CCc1ccccc1)C1CCOCC1. The molecule has 1 unspecified atom stereocenters. The van der Waals surface area contributed by atoms with Crippen LogP contribution in [0.25, 0.3) is 0 Å². The van der Waals surface area contributed by atoms with Crippen molar-refractivity contribution in [2.75, 3.05) is 13.2 Å². The molecule has 1 fully saturated rings. The van der Waals surface area contributed by atoms with Gasteiger partial charge in [0.05, 0.1) is 12.6 Å². The van der Waals surface area contributed by atoms with Gasteiger partial charge in [-0.2, -0.15) is 0 Å². The van der Waals surface area contributed by atoms with Crippen molar-refractivity contribution in [3.8, 4) is 0 Å². The normalized spacial score (nSPS) is 15.3. The zero-order valence-electron chi connectivity index (χ0n) is 15.3. The molecule has 3 N–H and O–H groups in total. The molecule has 1 amide bonds. The van der Waals surface area contributed by atoms with E-state index in [4.69, 9.17) is 10.5 Å². The van der Waals surface area contributed by atoms with Crippen molar-refractivity contribution in [3.63, 3.8) is 0 Å². The first-order valence-electron chi connectivity index (χ1n) is 8.89. The predicted octanol–water partition coefficient (Wildman–Crippen LogP) is 2.34. The molecule has 1 atom stereocenters. The van der Waals surface area contributed by atoms with Crippen LogP contribution in [-0.4, -0.2) is 34.7 Å². The van der Waals surface area contributed by atoms with Crippen LogP contribution >= 0.6 is 24.8 Å². The van der Waals surface area contributed by atoms with E-state index >= 15 is 0 Å². The topological polar surface area (TPSA) is 82.2 Å². The van der Waals surface area contributed by atoms with Crippen LogP contribution in [0, 0.1) is 5.92 Å². The van der Waals surface area contributed by atoms with Crippen molar-refractivity contribution in [1.29, 1.82) is 0 Å². The van der Waals surface area contributed by atoms with Gasteiger partial charge in [0.25, 0.3) is 0 Å². The first kappa shape index (κ1) is 23.4. The lowest BCUT2D eigenvalue weighted by atomic mass is 9.92. The third-order valence-corrected chi connectivity index (χ3v) is 4.78. The molecule has 0 bridgehead atoms. The molecule has 150 valence electrons. The van der Waals surface area contributed by atoms with Crippen molar-refractivity contribution < 1.29 is 9.53 Å². The highest BCUT2D eigenvalue weighted by molar-refractivity contribution is 5.85. The molecule has 3 rings (SSSR count). The molecule has 1 aromatic heterocycles. The summed E-state index contributed by atoms with van der Waals surface area (Å²) in [6, 6.07) is 9.86. The van der Waals surface area contributed by atoms with Crippen LogP contribution in [0.5, 0.6) is 0 Å². The quantitative estimate of drug-likeness (QED) is 0.728. The summed E-state index contributed by atoms with van der Waals surface area (Å²) in [6.07, 6.45) is 6.34. The van der Waals surface area contributed by atoms with E-state index in [1.54, 1.807) is 6.20 Å².